The highest BCUT2D eigenvalue weighted by Crippen LogP contribution is 2.40. The first-order valence-electron chi connectivity index (χ1n) is 6.71. The van der Waals surface area contributed by atoms with E-state index >= 15 is 0 Å². The lowest BCUT2D eigenvalue weighted by atomic mass is 10.1. The number of ether oxygens (including phenoxy) is 3. The molecule has 0 amide bonds. The molecule has 0 spiro atoms. The summed E-state index contributed by atoms with van der Waals surface area (Å²) in [5.74, 6) is -1.04. The first-order chi connectivity index (χ1) is 10.6. The molecular weight excluding hydrogens is 329 g/mol. The zero-order valence-electron chi connectivity index (χ0n) is 11.9. The van der Waals surface area contributed by atoms with Gasteiger partial charge in [0.15, 0.2) is 0 Å². The normalized spacial score (nSPS) is 24.8. The first kappa shape index (κ1) is 15.7. The van der Waals surface area contributed by atoms with E-state index in [0.717, 1.165) is 0 Å². The lowest BCUT2D eigenvalue weighted by Crippen LogP contribution is -2.34. The molecule has 1 aliphatic heterocycles. The van der Waals surface area contributed by atoms with Crippen molar-refractivity contribution in [1.82, 2.24) is 14.8 Å². The molecule has 2 heterocycles. The Bertz CT molecular complexity index is 638. The van der Waals surface area contributed by atoms with Gasteiger partial charge in [-0.1, -0.05) is 29.3 Å². The van der Waals surface area contributed by atoms with Gasteiger partial charge < -0.3 is 14.2 Å². The summed E-state index contributed by atoms with van der Waals surface area (Å²) in [6, 6.07) is 5.22. The van der Waals surface area contributed by atoms with Crippen LogP contribution in [0.3, 0.4) is 0 Å². The third-order valence-electron chi connectivity index (χ3n) is 3.39. The number of halogens is 2. The third-order valence-corrected chi connectivity index (χ3v) is 3.94. The summed E-state index contributed by atoms with van der Waals surface area (Å²) in [4.78, 5) is 3.94. The van der Waals surface area contributed by atoms with Crippen molar-refractivity contribution in [2.75, 3.05) is 20.3 Å². The molecule has 0 radical (unpaired) electrons. The van der Waals surface area contributed by atoms with Gasteiger partial charge in [-0.25, -0.2) is 9.67 Å². The topological polar surface area (TPSA) is 58.4 Å². The van der Waals surface area contributed by atoms with Crippen LogP contribution in [0.1, 0.15) is 5.56 Å². The lowest BCUT2D eigenvalue weighted by Gasteiger charge is -2.29. The monoisotopic (exact) mass is 343 g/mol. The second kappa shape index (κ2) is 6.52. The van der Waals surface area contributed by atoms with Crippen molar-refractivity contribution in [2.24, 2.45) is 0 Å². The largest absolute Gasteiger partial charge is 0.382 e. The Morgan fingerprint density at radius 2 is 2.32 bits per heavy atom. The molecule has 22 heavy (non-hydrogen) atoms. The molecule has 118 valence electrons. The fourth-order valence-electron chi connectivity index (χ4n) is 2.47. The van der Waals surface area contributed by atoms with Crippen molar-refractivity contribution in [3.63, 3.8) is 0 Å². The smallest absolute Gasteiger partial charge is 0.217 e. The zero-order valence-corrected chi connectivity index (χ0v) is 13.4. The maximum Gasteiger partial charge on any atom is 0.217 e. The van der Waals surface area contributed by atoms with E-state index in [9.17, 15) is 0 Å². The van der Waals surface area contributed by atoms with Crippen molar-refractivity contribution < 1.29 is 14.2 Å². The van der Waals surface area contributed by atoms with Crippen LogP contribution in [-0.4, -0.2) is 41.2 Å². The predicted molar refractivity (Wildman–Crippen MR) is 80.9 cm³/mol. The Morgan fingerprint density at radius 1 is 1.45 bits per heavy atom. The number of hydrogen-bond donors (Lipinski definition) is 0. The van der Waals surface area contributed by atoms with E-state index < -0.39 is 5.79 Å². The molecular formula is C14H15Cl2N3O3. The Kier molecular flexibility index (Phi) is 4.65. The van der Waals surface area contributed by atoms with Crippen LogP contribution in [0.4, 0.5) is 0 Å². The SMILES string of the molecule is COC[C@H]1CO[C@@](Cn2cncn2)(c2ccc(Cl)cc2Cl)O1. The number of benzene rings is 1. The highest BCUT2D eigenvalue weighted by Gasteiger charge is 2.45. The quantitative estimate of drug-likeness (QED) is 0.834. The van der Waals surface area contributed by atoms with E-state index in [1.54, 1.807) is 36.3 Å². The van der Waals surface area contributed by atoms with Gasteiger partial charge in [0.05, 0.1) is 18.2 Å². The molecule has 1 saturated heterocycles. The molecule has 2 aromatic rings. The Balaban J connectivity index is 1.96. The number of methoxy groups -OCH3 is 1. The summed E-state index contributed by atoms with van der Waals surface area (Å²) < 4.78 is 18.9. The van der Waals surface area contributed by atoms with Crippen LogP contribution >= 0.6 is 23.2 Å². The van der Waals surface area contributed by atoms with E-state index in [4.69, 9.17) is 37.4 Å². The zero-order chi connectivity index (χ0) is 15.6. The van der Waals surface area contributed by atoms with Gasteiger partial charge in [0.2, 0.25) is 5.79 Å². The summed E-state index contributed by atoms with van der Waals surface area (Å²) in [6.07, 6.45) is 2.88. The summed E-state index contributed by atoms with van der Waals surface area (Å²) in [5, 5.41) is 5.14. The van der Waals surface area contributed by atoms with Gasteiger partial charge in [0, 0.05) is 17.7 Å². The van der Waals surface area contributed by atoms with Gasteiger partial charge in [0.25, 0.3) is 0 Å². The highest BCUT2D eigenvalue weighted by atomic mass is 35.5. The van der Waals surface area contributed by atoms with Crippen LogP contribution in [0.2, 0.25) is 10.0 Å². The third kappa shape index (κ3) is 3.11. The molecule has 3 rings (SSSR count). The van der Waals surface area contributed by atoms with Crippen LogP contribution in [0.25, 0.3) is 0 Å². The predicted octanol–water partition coefficient (Wildman–Crippen LogP) is 2.50. The van der Waals surface area contributed by atoms with Crippen LogP contribution < -0.4 is 0 Å². The van der Waals surface area contributed by atoms with Crippen molar-refractivity contribution >= 4 is 23.2 Å². The van der Waals surface area contributed by atoms with Crippen molar-refractivity contribution in [3.8, 4) is 0 Å². The molecule has 0 N–H and O–H groups in total. The average Bonchev–Trinajstić information content (AvgIpc) is 3.10. The molecule has 1 aromatic carbocycles. The average molecular weight is 344 g/mol. The molecule has 1 fully saturated rings. The highest BCUT2D eigenvalue weighted by molar-refractivity contribution is 6.35. The first-order valence-corrected chi connectivity index (χ1v) is 7.47. The van der Waals surface area contributed by atoms with Crippen molar-refractivity contribution in [1.29, 1.82) is 0 Å². The number of nitrogens with zero attached hydrogens (tertiary/aromatic N) is 3. The number of hydrogen-bond acceptors (Lipinski definition) is 5. The second-order valence-electron chi connectivity index (χ2n) is 4.98. The van der Waals surface area contributed by atoms with Gasteiger partial charge in [-0.2, -0.15) is 5.10 Å². The van der Waals surface area contributed by atoms with Gasteiger partial charge in [-0.3, -0.25) is 0 Å². The van der Waals surface area contributed by atoms with Gasteiger partial charge in [-0.15, -0.1) is 0 Å². The molecule has 1 aromatic heterocycles. The Morgan fingerprint density at radius 3 is 3.00 bits per heavy atom. The van der Waals surface area contributed by atoms with Gasteiger partial charge in [-0.05, 0) is 12.1 Å². The van der Waals surface area contributed by atoms with Crippen LogP contribution in [-0.2, 0) is 26.5 Å². The van der Waals surface area contributed by atoms with E-state index in [1.165, 1.54) is 6.33 Å². The Labute approximate surface area is 137 Å². The van der Waals surface area contributed by atoms with E-state index in [2.05, 4.69) is 10.1 Å². The molecule has 0 aliphatic carbocycles. The lowest BCUT2D eigenvalue weighted by molar-refractivity contribution is -0.192. The summed E-state index contributed by atoms with van der Waals surface area (Å²) >= 11 is 12.3. The summed E-state index contributed by atoms with van der Waals surface area (Å²) in [7, 11) is 1.62. The molecule has 0 saturated carbocycles. The minimum Gasteiger partial charge on any atom is -0.382 e. The standard InChI is InChI=1S/C14H15Cl2N3O3/c1-20-5-11-6-21-14(22-11,7-19-9-17-8-18-19)12-3-2-10(15)4-13(12)16/h2-4,8-9,11H,5-7H2,1H3/t11-,14+/m0/s1. The molecule has 0 bridgehead atoms. The van der Waals surface area contributed by atoms with Gasteiger partial charge >= 0.3 is 0 Å². The molecule has 1 aliphatic rings. The van der Waals surface area contributed by atoms with Crippen LogP contribution in [0, 0.1) is 0 Å². The number of aromatic nitrogens is 3. The molecule has 6 nitrogen and oxygen atoms in total. The van der Waals surface area contributed by atoms with Crippen LogP contribution in [0.15, 0.2) is 30.9 Å². The van der Waals surface area contributed by atoms with Gasteiger partial charge in [0.1, 0.15) is 25.3 Å². The minimum atomic E-state index is -1.04. The summed E-state index contributed by atoms with van der Waals surface area (Å²) in [6.45, 7) is 1.17. The number of rotatable bonds is 5. The fourth-order valence-corrected chi connectivity index (χ4v) is 3.02. The van der Waals surface area contributed by atoms with E-state index in [-0.39, 0.29) is 6.10 Å². The minimum absolute atomic E-state index is 0.180. The van der Waals surface area contributed by atoms with E-state index in [1.807, 2.05) is 0 Å². The second-order valence-corrected chi connectivity index (χ2v) is 5.82. The summed E-state index contributed by atoms with van der Waals surface area (Å²) in [5.41, 5.74) is 0.702. The fraction of sp³-hybridized carbons (Fsp3) is 0.429. The molecule has 2 atom stereocenters. The Hall–Kier alpha value is -1.18. The van der Waals surface area contributed by atoms with E-state index in [0.29, 0.717) is 35.4 Å². The molecule has 0 unspecified atom stereocenters. The van der Waals surface area contributed by atoms with Crippen molar-refractivity contribution in [2.45, 2.75) is 18.4 Å². The van der Waals surface area contributed by atoms with Crippen LogP contribution in [0.5, 0.6) is 0 Å². The maximum absolute atomic E-state index is 6.34. The maximum atomic E-state index is 6.34. The molecule has 8 heteroatoms. The van der Waals surface area contributed by atoms with Crippen molar-refractivity contribution in [3.05, 3.63) is 46.5 Å².